The molecule has 1 aliphatic rings. The Hall–Kier alpha value is -2.76. The van der Waals surface area contributed by atoms with E-state index in [0.717, 1.165) is 25.1 Å². The Bertz CT molecular complexity index is 716. The van der Waals surface area contributed by atoms with Gasteiger partial charge in [-0.15, -0.1) is 0 Å². The van der Waals surface area contributed by atoms with Gasteiger partial charge in [-0.05, 0) is 30.7 Å². The smallest absolute Gasteiger partial charge is 0.274 e. The molecule has 0 spiro atoms. The number of rotatable bonds is 6. The molecular weight excluding hydrogens is 306 g/mol. The molecule has 6 nitrogen and oxygen atoms in total. The van der Waals surface area contributed by atoms with Gasteiger partial charge in [0.15, 0.2) is 11.5 Å². The van der Waals surface area contributed by atoms with Gasteiger partial charge in [0.1, 0.15) is 5.69 Å². The Balaban J connectivity index is 1.64. The van der Waals surface area contributed by atoms with Crippen LogP contribution >= 0.6 is 0 Å². The monoisotopic (exact) mass is 327 g/mol. The first-order valence-corrected chi connectivity index (χ1v) is 8.05. The van der Waals surface area contributed by atoms with E-state index in [1.165, 1.54) is 0 Å². The van der Waals surface area contributed by atoms with Crippen molar-refractivity contribution < 1.29 is 14.3 Å². The first-order valence-electron chi connectivity index (χ1n) is 8.05. The average Bonchev–Trinajstić information content (AvgIpc) is 3.07. The van der Waals surface area contributed by atoms with Crippen LogP contribution in [0, 0.1) is 0 Å². The van der Waals surface area contributed by atoms with Crippen LogP contribution in [-0.4, -0.2) is 31.3 Å². The number of pyridine rings is 1. The minimum atomic E-state index is -0.253. The normalized spacial score (nSPS) is 12.1. The van der Waals surface area contributed by atoms with Crippen LogP contribution in [-0.2, 0) is 0 Å². The summed E-state index contributed by atoms with van der Waals surface area (Å²) in [7, 11) is 2.03. The van der Waals surface area contributed by atoms with Gasteiger partial charge in [-0.3, -0.25) is 4.79 Å². The predicted octanol–water partition coefficient (Wildman–Crippen LogP) is 3.30. The second-order valence-corrected chi connectivity index (χ2v) is 5.70. The van der Waals surface area contributed by atoms with Gasteiger partial charge in [-0.2, -0.15) is 0 Å². The van der Waals surface area contributed by atoms with Crippen molar-refractivity contribution in [1.29, 1.82) is 0 Å². The highest BCUT2D eigenvalue weighted by atomic mass is 16.7. The second-order valence-electron chi connectivity index (χ2n) is 5.70. The van der Waals surface area contributed by atoms with Crippen LogP contribution in [0.15, 0.2) is 36.5 Å². The molecule has 0 atom stereocenters. The van der Waals surface area contributed by atoms with Crippen molar-refractivity contribution in [1.82, 2.24) is 4.98 Å². The van der Waals surface area contributed by atoms with Gasteiger partial charge in [0.2, 0.25) is 6.79 Å². The molecule has 0 radical (unpaired) electrons. The molecule has 1 aliphatic heterocycles. The van der Waals surface area contributed by atoms with Crippen molar-refractivity contribution in [2.24, 2.45) is 0 Å². The third kappa shape index (κ3) is 3.59. The van der Waals surface area contributed by atoms with Gasteiger partial charge in [0.05, 0.1) is 11.9 Å². The van der Waals surface area contributed by atoms with Crippen molar-refractivity contribution in [3.63, 3.8) is 0 Å². The number of fused-ring (bicyclic) bond motifs is 1. The standard InChI is InChI=1S/C18H21N3O3/c1-3-4-9-21(2)14-6-7-15(19-11-14)18(22)20-13-5-8-16-17(10-13)24-12-23-16/h5-8,10-11H,3-4,9,12H2,1-2H3,(H,20,22). The summed E-state index contributed by atoms with van der Waals surface area (Å²) >= 11 is 0. The molecule has 3 rings (SSSR count). The van der Waals surface area contributed by atoms with Crippen LogP contribution in [0.3, 0.4) is 0 Å². The molecule has 24 heavy (non-hydrogen) atoms. The Kier molecular flexibility index (Phi) is 4.84. The summed E-state index contributed by atoms with van der Waals surface area (Å²) in [5, 5.41) is 2.82. The summed E-state index contributed by atoms with van der Waals surface area (Å²) in [6.45, 7) is 3.35. The Morgan fingerprint density at radius 3 is 2.83 bits per heavy atom. The summed E-state index contributed by atoms with van der Waals surface area (Å²) in [6.07, 6.45) is 4.00. The molecule has 126 valence electrons. The lowest BCUT2D eigenvalue weighted by Gasteiger charge is -2.18. The first-order chi connectivity index (χ1) is 11.7. The van der Waals surface area contributed by atoms with Gasteiger partial charge in [-0.1, -0.05) is 13.3 Å². The number of hydrogen-bond acceptors (Lipinski definition) is 5. The Labute approximate surface area is 141 Å². The molecule has 1 aromatic carbocycles. The van der Waals surface area contributed by atoms with E-state index in [1.807, 2.05) is 13.1 Å². The predicted molar refractivity (Wildman–Crippen MR) is 92.9 cm³/mol. The molecule has 1 N–H and O–H groups in total. The van der Waals surface area contributed by atoms with Gasteiger partial charge in [0.25, 0.3) is 5.91 Å². The number of benzene rings is 1. The first kappa shape index (κ1) is 16.1. The summed E-state index contributed by atoms with van der Waals surface area (Å²) in [6, 6.07) is 8.94. The van der Waals surface area contributed by atoms with Crippen LogP contribution in [0.5, 0.6) is 11.5 Å². The van der Waals surface area contributed by atoms with E-state index < -0.39 is 0 Å². The zero-order valence-corrected chi connectivity index (χ0v) is 13.9. The molecule has 1 amide bonds. The van der Waals surface area contributed by atoms with Crippen LogP contribution in [0.4, 0.5) is 11.4 Å². The maximum absolute atomic E-state index is 12.3. The van der Waals surface area contributed by atoms with E-state index >= 15 is 0 Å². The summed E-state index contributed by atoms with van der Waals surface area (Å²) in [4.78, 5) is 18.7. The van der Waals surface area contributed by atoms with Gasteiger partial charge in [0, 0.05) is 25.3 Å². The maximum atomic E-state index is 12.3. The third-order valence-electron chi connectivity index (χ3n) is 3.90. The van der Waals surface area contributed by atoms with Crippen LogP contribution in [0.1, 0.15) is 30.3 Å². The Morgan fingerprint density at radius 1 is 1.25 bits per heavy atom. The molecule has 0 unspecified atom stereocenters. The lowest BCUT2D eigenvalue weighted by Crippen LogP contribution is -2.19. The number of anilines is 2. The number of nitrogens with one attached hydrogen (secondary N) is 1. The van der Waals surface area contributed by atoms with Gasteiger partial charge < -0.3 is 19.7 Å². The molecule has 0 aliphatic carbocycles. The van der Waals surface area contributed by atoms with E-state index in [1.54, 1.807) is 30.5 Å². The summed E-state index contributed by atoms with van der Waals surface area (Å²) < 4.78 is 10.6. The van der Waals surface area contributed by atoms with Crippen molar-refractivity contribution in [3.05, 3.63) is 42.2 Å². The maximum Gasteiger partial charge on any atom is 0.274 e. The largest absolute Gasteiger partial charge is 0.454 e. The fraction of sp³-hybridized carbons (Fsp3) is 0.333. The van der Waals surface area contributed by atoms with E-state index in [4.69, 9.17) is 9.47 Å². The van der Waals surface area contributed by atoms with Crippen molar-refractivity contribution in [3.8, 4) is 11.5 Å². The zero-order chi connectivity index (χ0) is 16.9. The lowest BCUT2D eigenvalue weighted by atomic mass is 10.2. The second kappa shape index (κ2) is 7.21. The molecule has 6 heteroatoms. The van der Waals surface area contributed by atoms with E-state index in [0.29, 0.717) is 22.9 Å². The van der Waals surface area contributed by atoms with Crippen molar-refractivity contribution >= 4 is 17.3 Å². The fourth-order valence-electron chi connectivity index (χ4n) is 2.44. The number of unbranched alkanes of at least 4 members (excludes halogenated alkanes) is 1. The molecular formula is C18H21N3O3. The quantitative estimate of drug-likeness (QED) is 0.882. The third-order valence-corrected chi connectivity index (χ3v) is 3.90. The average molecular weight is 327 g/mol. The minimum absolute atomic E-state index is 0.210. The number of nitrogens with zero attached hydrogens (tertiary/aromatic N) is 2. The van der Waals surface area contributed by atoms with Crippen LogP contribution in [0.25, 0.3) is 0 Å². The summed E-state index contributed by atoms with van der Waals surface area (Å²) in [5.41, 5.74) is 2.03. The van der Waals surface area contributed by atoms with Gasteiger partial charge in [-0.25, -0.2) is 4.98 Å². The molecule has 1 aromatic heterocycles. The highest BCUT2D eigenvalue weighted by molar-refractivity contribution is 6.03. The molecule has 2 aromatic rings. The number of ether oxygens (including phenoxy) is 2. The number of hydrogen-bond donors (Lipinski definition) is 1. The minimum Gasteiger partial charge on any atom is -0.454 e. The van der Waals surface area contributed by atoms with Crippen molar-refractivity contribution in [2.45, 2.75) is 19.8 Å². The van der Waals surface area contributed by atoms with Crippen molar-refractivity contribution in [2.75, 3.05) is 30.6 Å². The molecule has 0 saturated heterocycles. The SMILES string of the molecule is CCCCN(C)c1ccc(C(=O)Nc2ccc3c(c2)OCO3)nc1. The highest BCUT2D eigenvalue weighted by Gasteiger charge is 2.15. The molecule has 0 fully saturated rings. The number of carbonyl (C=O) groups excluding carboxylic acids is 1. The molecule has 0 bridgehead atoms. The van der Waals surface area contributed by atoms with Crippen LogP contribution < -0.4 is 19.7 Å². The lowest BCUT2D eigenvalue weighted by molar-refractivity contribution is 0.102. The number of amides is 1. The number of carbonyl (C=O) groups is 1. The summed E-state index contributed by atoms with van der Waals surface area (Å²) in [5.74, 6) is 1.07. The highest BCUT2D eigenvalue weighted by Crippen LogP contribution is 2.34. The van der Waals surface area contributed by atoms with E-state index in [2.05, 4.69) is 22.1 Å². The fourth-order valence-corrected chi connectivity index (χ4v) is 2.44. The van der Waals surface area contributed by atoms with E-state index in [9.17, 15) is 4.79 Å². The molecule has 2 heterocycles. The zero-order valence-electron chi connectivity index (χ0n) is 13.9. The molecule has 0 saturated carbocycles. The van der Waals surface area contributed by atoms with Crippen LogP contribution in [0.2, 0.25) is 0 Å². The van der Waals surface area contributed by atoms with Gasteiger partial charge >= 0.3 is 0 Å². The topological polar surface area (TPSA) is 63.7 Å². The number of aromatic nitrogens is 1. The Morgan fingerprint density at radius 2 is 2.08 bits per heavy atom. The van der Waals surface area contributed by atoms with E-state index in [-0.39, 0.29) is 12.7 Å².